The summed E-state index contributed by atoms with van der Waals surface area (Å²) in [5.41, 5.74) is 0. The molecule has 60 valence electrons. The molecule has 0 amide bonds. The van der Waals surface area contributed by atoms with Crippen molar-refractivity contribution >= 4 is 18.3 Å². The molecule has 0 heterocycles. The largest absolute Gasteiger partial charge is 0.327 e. The Bertz CT molecular complexity index is 137. The highest BCUT2D eigenvalue weighted by atomic mass is 32.5. The van der Waals surface area contributed by atoms with E-state index in [4.69, 9.17) is 20.9 Å². The highest BCUT2D eigenvalue weighted by molar-refractivity contribution is 8.11. The van der Waals surface area contributed by atoms with Gasteiger partial charge in [0.25, 0.3) is 0 Å². The molecule has 0 aliphatic carbocycles. The van der Waals surface area contributed by atoms with Crippen LogP contribution in [0.3, 0.4) is 0 Å². The molecular formula is C6H13O2PS. The van der Waals surface area contributed by atoms with E-state index >= 15 is 0 Å². The minimum Gasteiger partial charge on any atom is -0.327 e. The van der Waals surface area contributed by atoms with Crippen LogP contribution in [0, 0.1) is 0 Å². The first-order valence-electron chi connectivity index (χ1n) is 3.21. The van der Waals surface area contributed by atoms with Gasteiger partial charge in [0, 0.05) is 0 Å². The van der Waals surface area contributed by atoms with Crippen LogP contribution in [0.2, 0.25) is 0 Å². The Balaban J connectivity index is 3.95. The van der Waals surface area contributed by atoms with Gasteiger partial charge in [-0.3, -0.25) is 0 Å². The van der Waals surface area contributed by atoms with E-state index in [9.17, 15) is 0 Å². The molecule has 0 fully saturated rings. The van der Waals surface area contributed by atoms with Crippen molar-refractivity contribution in [2.45, 2.75) is 13.8 Å². The Morgan fingerprint density at radius 2 is 1.80 bits per heavy atom. The fourth-order valence-electron chi connectivity index (χ4n) is 0.503. The topological polar surface area (TPSA) is 18.5 Å². The van der Waals surface area contributed by atoms with E-state index in [1.807, 2.05) is 13.8 Å². The van der Waals surface area contributed by atoms with Crippen molar-refractivity contribution in [3.05, 3.63) is 12.4 Å². The Hall–Kier alpha value is 0.310. The van der Waals surface area contributed by atoms with E-state index in [2.05, 4.69) is 6.58 Å². The number of hydrogen-bond acceptors (Lipinski definition) is 3. The SMILES string of the molecule is C=CP(=S)(OCC)OCC. The average Bonchev–Trinajstić information content (AvgIpc) is 1.89. The van der Waals surface area contributed by atoms with Crippen LogP contribution in [-0.4, -0.2) is 13.2 Å². The van der Waals surface area contributed by atoms with Gasteiger partial charge >= 0.3 is 0 Å². The van der Waals surface area contributed by atoms with E-state index in [1.165, 1.54) is 0 Å². The van der Waals surface area contributed by atoms with Crippen LogP contribution in [0.25, 0.3) is 0 Å². The molecule has 0 N–H and O–H groups in total. The molecule has 2 nitrogen and oxygen atoms in total. The summed E-state index contributed by atoms with van der Waals surface area (Å²) >= 11 is 5.05. The maximum Gasteiger partial charge on any atom is 0.211 e. The van der Waals surface area contributed by atoms with Crippen molar-refractivity contribution in [1.29, 1.82) is 0 Å². The smallest absolute Gasteiger partial charge is 0.211 e. The first kappa shape index (κ1) is 10.3. The van der Waals surface area contributed by atoms with Crippen molar-refractivity contribution < 1.29 is 9.05 Å². The molecule has 0 spiro atoms. The molecule has 4 heteroatoms. The molecule has 0 aromatic rings. The molecule has 0 aliphatic rings. The maximum absolute atomic E-state index is 5.20. The molecule has 10 heavy (non-hydrogen) atoms. The van der Waals surface area contributed by atoms with E-state index in [0.717, 1.165) is 0 Å². The van der Waals surface area contributed by atoms with Gasteiger partial charge in [-0.25, -0.2) is 0 Å². The van der Waals surface area contributed by atoms with Crippen LogP contribution < -0.4 is 0 Å². The van der Waals surface area contributed by atoms with E-state index < -0.39 is 6.49 Å². The lowest BCUT2D eigenvalue weighted by Crippen LogP contribution is -1.91. The first-order valence-corrected chi connectivity index (χ1v) is 5.91. The second-order valence-electron chi connectivity index (χ2n) is 1.56. The zero-order chi connectivity index (χ0) is 8.04. The minimum atomic E-state index is -2.10. The highest BCUT2D eigenvalue weighted by Crippen LogP contribution is 2.49. The molecular weight excluding hydrogens is 167 g/mol. The molecule has 0 rings (SSSR count). The molecule has 0 radical (unpaired) electrons. The first-order chi connectivity index (χ1) is 4.68. The number of rotatable bonds is 5. The van der Waals surface area contributed by atoms with Gasteiger partial charge < -0.3 is 9.05 Å². The lowest BCUT2D eigenvalue weighted by Gasteiger charge is -2.15. The van der Waals surface area contributed by atoms with Gasteiger partial charge in [0.2, 0.25) is 6.49 Å². The third-order valence-electron chi connectivity index (χ3n) is 0.842. The van der Waals surface area contributed by atoms with Gasteiger partial charge in [-0.05, 0) is 31.5 Å². The van der Waals surface area contributed by atoms with Crippen molar-refractivity contribution in [1.82, 2.24) is 0 Å². The molecule has 0 aliphatic heterocycles. The van der Waals surface area contributed by atoms with Crippen molar-refractivity contribution in [2.24, 2.45) is 0 Å². The third kappa shape index (κ3) is 3.47. The predicted octanol–water partition coefficient (Wildman–Crippen LogP) is 2.51. The fraction of sp³-hybridized carbons (Fsp3) is 0.667. The Morgan fingerprint density at radius 1 is 1.40 bits per heavy atom. The summed E-state index contributed by atoms with van der Waals surface area (Å²) in [7, 11) is 0. The molecule has 0 bridgehead atoms. The summed E-state index contributed by atoms with van der Waals surface area (Å²) in [4.78, 5) is 0. The molecule has 0 aromatic carbocycles. The van der Waals surface area contributed by atoms with Crippen LogP contribution in [0.15, 0.2) is 12.4 Å². The van der Waals surface area contributed by atoms with Crippen molar-refractivity contribution in [2.75, 3.05) is 13.2 Å². The summed E-state index contributed by atoms with van der Waals surface area (Å²) in [6, 6.07) is 0. The highest BCUT2D eigenvalue weighted by Gasteiger charge is 2.10. The average molecular weight is 180 g/mol. The van der Waals surface area contributed by atoms with Crippen molar-refractivity contribution in [3.8, 4) is 0 Å². The quantitative estimate of drug-likeness (QED) is 0.606. The van der Waals surface area contributed by atoms with Gasteiger partial charge in [0.05, 0.1) is 13.2 Å². The standard InChI is InChI=1S/C6H13O2PS/c1-4-7-9(10,6-3)8-5-2/h6H,3-5H2,1-2H3. The van der Waals surface area contributed by atoms with Gasteiger partial charge in [-0.2, -0.15) is 0 Å². The lowest BCUT2D eigenvalue weighted by atomic mass is 10.9. The molecule has 0 unspecified atom stereocenters. The van der Waals surface area contributed by atoms with Crippen LogP contribution >= 0.6 is 6.49 Å². The molecule has 0 atom stereocenters. The second-order valence-corrected chi connectivity index (χ2v) is 5.05. The van der Waals surface area contributed by atoms with E-state index in [1.54, 1.807) is 5.82 Å². The van der Waals surface area contributed by atoms with Crippen LogP contribution in [0.5, 0.6) is 0 Å². The Labute approximate surface area is 67.4 Å². The van der Waals surface area contributed by atoms with Gasteiger partial charge in [0.1, 0.15) is 0 Å². The number of hydrogen-bond donors (Lipinski definition) is 0. The van der Waals surface area contributed by atoms with E-state index in [0.29, 0.717) is 13.2 Å². The maximum atomic E-state index is 5.20. The van der Waals surface area contributed by atoms with Gasteiger partial charge in [-0.15, -0.1) is 0 Å². The monoisotopic (exact) mass is 180 g/mol. The lowest BCUT2D eigenvalue weighted by molar-refractivity contribution is 0.274. The predicted molar refractivity (Wildman–Crippen MR) is 47.7 cm³/mol. The minimum absolute atomic E-state index is 0.587. The second kappa shape index (κ2) is 5.03. The Morgan fingerprint density at radius 3 is 2.00 bits per heavy atom. The molecule has 0 saturated heterocycles. The van der Waals surface area contributed by atoms with E-state index in [-0.39, 0.29) is 0 Å². The van der Waals surface area contributed by atoms with Gasteiger partial charge in [-0.1, -0.05) is 6.58 Å². The fourth-order valence-corrected chi connectivity index (χ4v) is 2.14. The third-order valence-corrected chi connectivity index (χ3v) is 3.60. The zero-order valence-electron chi connectivity index (χ0n) is 6.37. The van der Waals surface area contributed by atoms with Crippen molar-refractivity contribution in [3.63, 3.8) is 0 Å². The summed E-state index contributed by atoms with van der Waals surface area (Å²) in [6.45, 7) is 6.42. The summed E-state index contributed by atoms with van der Waals surface area (Å²) in [5.74, 6) is 1.59. The summed E-state index contributed by atoms with van der Waals surface area (Å²) in [6.07, 6.45) is 0. The van der Waals surface area contributed by atoms with Gasteiger partial charge in [0.15, 0.2) is 0 Å². The van der Waals surface area contributed by atoms with Crippen LogP contribution in [0.4, 0.5) is 0 Å². The Kier molecular flexibility index (Phi) is 5.18. The zero-order valence-corrected chi connectivity index (χ0v) is 8.08. The summed E-state index contributed by atoms with van der Waals surface area (Å²) in [5, 5.41) is 0. The molecule has 0 aromatic heterocycles. The normalized spacial score (nSPS) is 11.4. The summed E-state index contributed by atoms with van der Waals surface area (Å²) < 4.78 is 10.4. The van der Waals surface area contributed by atoms with Crippen LogP contribution in [0.1, 0.15) is 13.8 Å². The molecule has 0 saturated carbocycles. The van der Waals surface area contributed by atoms with Crippen LogP contribution in [-0.2, 0) is 20.9 Å².